The van der Waals surface area contributed by atoms with E-state index < -0.39 is 0 Å². The minimum absolute atomic E-state index is 0.152. The minimum Gasteiger partial charge on any atom is -0.403 e. The lowest BCUT2D eigenvalue weighted by Crippen LogP contribution is -2.06. The smallest absolute Gasteiger partial charge is 0.330 e. The summed E-state index contributed by atoms with van der Waals surface area (Å²) in [6.07, 6.45) is 4.97. The van der Waals surface area contributed by atoms with Crippen molar-refractivity contribution in [3.05, 3.63) is 30.5 Å². The molecule has 0 unspecified atom stereocenters. The number of rotatable bonds is 4. The van der Waals surface area contributed by atoms with Gasteiger partial charge in [0.2, 0.25) is 17.8 Å². The third-order valence-corrected chi connectivity index (χ3v) is 2.44. The molecule has 102 valence electrons. The molecule has 0 aromatic carbocycles. The van der Waals surface area contributed by atoms with E-state index in [1.165, 1.54) is 0 Å². The van der Waals surface area contributed by atoms with E-state index in [1.807, 2.05) is 6.92 Å². The molecule has 2 N–H and O–H groups in total. The molecule has 9 nitrogen and oxygen atoms in total. The van der Waals surface area contributed by atoms with E-state index in [2.05, 4.69) is 35.5 Å². The monoisotopic (exact) mass is 272 g/mol. The van der Waals surface area contributed by atoms with Crippen LogP contribution in [-0.4, -0.2) is 41.7 Å². The van der Waals surface area contributed by atoms with E-state index in [9.17, 15) is 0 Å². The maximum Gasteiger partial charge on any atom is 0.330 e. The highest BCUT2D eigenvalue weighted by Gasteiger charge is 2.10. The Hall–Kier alpha value is -2.97. The van der Waals surface area contributed by atoms with Crippen LogP contribution < -0.4 is 10.1 Å². The van der Waals surface area contributed by atoms with E-state index in [1.54, 1.807) is 36.4 Å². The number of anilines is 1. The lowest BCUT2D eigenvalue weighted by Gasteiger charge is -2.06. The van der Waals surface area contributed by atoms with Crippen LogP contribution in [0.2, 0.25) is 0 Å². The molecule has 0 bridgehead atoms. The van der Waals surface area contributed by atoms with Crippen LogP contribution in [0.4, 0.5) is 5.95 Å². The Kier molecular flexibility index (Phi) is 2.99. The Morgan fingerprint density at radius 1 is 1.30 bits per heavy atom. The lowest BCUT2D eigenvalue weighted by molar-refractivity contribution is 0.421. The molecule has 20 heavy (non-hydrogen) atoms. The molecule has 0 saturated heterocycles. The van der Waals surface area contributed by atoms with Gasteiger partial charge in [-0.3, -0.25) is 9.67 Å². The van der Waals surface area contributed by atoms with Crippen LogP contribution in [0, 0.1) is 6.92 Å². The van der Waals surface area contributed by atoms with Crippen molar-refractivity contribution in [1.82, 2.24) is 34.7 Å². The summed E-state index contributed by atoms with van der Waals surface area (Å²) >= 11 is 0. The van der Waals surface area contributed by atoms with E-state index in [0.29, 0.717) is 17.8 Å². The summed E-state index contributed by atoms with van der Waals surface area (Å²) in [5.41, 5.74) is 0.887. The van der Waals surface area contributed by atoms with Crippen molar-refractivity contribution in [3.8, 4) is 17.8 Å². The third-order valence-electron chi connectivity index (χ3n) is 2.44. The molecule has 9 heteroatoms. The number of aromatic nitrogens is 7. The Labute approximate surface area is 114 Å². The normalized spacial score (nSPS) is 10.5. The maximum atomic E-state index is 5.50. The number of H-pyrrole nitrogens is 1. The Balaban J connectivity index is 1.96. The van der Waals surface area contributed by atoms with Crippen molar-refractivity contribution in [1.29, 1.82) is 0 Å². The van der Waals surface area contributed by atoms with E-state index in [-0.39, 0.29) is 6.01 Å². The number of imidazole rings is 1. The van der Waals surface area contributed by atoms with Gasteiger partial charge < -0.3 is 10.1 Å². The molecule has 0 aliphatic carbocycles. The van der Waals surface area contributed by atoms with Gasteiger partial charge >= 0.3 is 6.01 Å². The summed E-state index contributed by atoms with van der Waals surface area (Å²) in [6.45, 7) is 1.88. The van der Waals surface area contributed by atoms with E-state index in [0.717, 1.165) is 5.69 Å². The first-order valence-corrected chi connectivity index (χ1v) is 5.86. The van der Waals surface area contributed by atoms with Gasteiger partial charge in [0.15, 0.2) is 0 Å². The number of hydrogen-bond acceptors (Lipinski definition) is 7. The van der Waals surface area contributed by atoms with Crippen LogP contribution in [0.1, 0.15) is 5.69 Å². The fourth-order valence-electron chi connectivity index (χ4n) is 1.54. The van der Waals surface area contributed by atoms with Gasteiger partial charge in [-0.1, -0.05) is 0 Å². The average Bonchev–Trinajstić information content (AvgIpc) is 3.10. The molecule has 0 spiro atoms. The fourth-order valence-corrected chi connectivity index (χ4v) is 1.54. The number of aromatic amines is 1. The van der Waals surface area contributed by atoms with Gasteiger partial charge in [-0.15, -0.1) is 5.10 Å². The number of hydrogen-bond donors (Lipinski definition) is 2. The van der Waals surface area contributed by atoms with Crippen molar-refractivity contribution in [2.75, 3.05) is 12.4 Å². The van der Waals surface area contributed by atoms with Crippen LogP contribution in [0.3, 0.4) is 0 Å². The van der Waals surface area contributed by atoms with Crippen LogP contribution in [0.25, 0.3) is 5.95 Å². The van der Waals surface area contributed by atoms with Crippen LogP contribution in [0.5, 0.6) is 11.9 Å². The Morgan fingerprint density at radius 3 is 2.85 bits per heavy atom. The summed E-state index contributed by atoms with van der Waals surface area (Å²) in [4.78, 5) is 16.5. The molecule has 0 fully saturated rings. The summed E-state index contributed by atoms with van der Waals surface area (Å²) in [7, 11) is 1.72. The second-order valence-corrected chi connectivity index (χ2v) is 3.95. The molecule has 0 aliphatic rings. The summed E-state index contributed by atoms with van der Waals surface area (Å²) in [5, 5.41) is 9.61. The van der Waals surface area contributed by atoms with Gasteiger partial charge in [-0.05, 0) is 6.92 Å². The highest BCUT2D eigenvalue weighted by molar-refractivity contribution is 5.30. The third kappa shape index (κ3) is 2.41. The van der Waals surface area contributed by atoms with Crippen molar-refractivity contribution in [2.24, 2.45) is 0 Å². The standard InChI is InChI=1S/C11H12N8O/c1-7-5-8(18-17-7)20-11-15-9(12-2)14-10(16-11)19-4-3-13-6-19/h3-6H,1-2H3,(H,17,18)(H,12,14,15,16). The largest absolute Gasteiger partial charge is 0.403 e. The van der Waals surface area contributed by atoms with Gasteiger partial charge in [0.1, 0.15) is 6.33 Å². The topological polar surface area (TPSA) is 106 Å². The van der Waals surface area contributed by atoms with Gasteiger partial charge in [0.05, 0.1) is 0 Å². The van der Waals surface area contributed by atoms with E-state index in [4.69, 9.17) is 4.74 Å². The highest BCUT2D eigenvalue weighted by atomic mass is 16.5. The van der Waals surface area contributed by atoms with Gasteiger partial charge in [0, 0.05) is 31.2 Å². The number of nitrogens with one attached hydrogen (secondary N) is 2. The summed E-state index contributed by atoms with van der Waals surface area (Å²) in [6, 6.07) is 1.90. The van der Waals surface area contributed by atoms with Crippen LogP contribution >= 0.6 is 0 Å². The van der Waals surface area contributed by atoms with Gasteiger partial charge in [-0.25, -0.2) is 4.98 Å². The van der Waals surface area contributed by atoms with Crippen molar-refractivity contribution >= 4 is 5.95 Å². The van der Waals surface area contributed by atoms with E-state index >= 15 is 0 Å². The molecular formula is C11H12N8O. The number of aryl methyl sites for hydroxylation is 1. The zero-order valence-corrected chi connectivity index (χ0v) is 10.9. The molecule has 3 aromatic heterocycles. The van der Waals surface area contributed by atoms with Crippen molar-refractivity contribution in [3.63, 3.8) is 0 Å². The second-order valence-electron chi connectivity index (χ2n) is 3.95. The maximum absolute atomic E-state index is 5.50. The second kappa shape index (κ2) is 4.96. The van der Waals surface area contributed by atoms with Crippen molar-refractivity contribution < 1.29 is 4.74 Å². The molecule has 0 saturated carbocycles. The molecule has 0 amide bonds. The highest BCUT2D eigenvalue weighted by Crippen LogP contribution is 2.17. The van der Waals surface area contributed by atoms with Crippen LogP contribution in [-0.2, 0) is 0 Å². The van der Waals surface area contributed by atoms with Crippen molar-refractivity contribution in [2.45, 2.75) is 6.92 Å². The molecule has 3 aromatic rings. The predicted octanol–water partition coefficient (Wildman–Crippen LogP) is 0.923. The molecule has 0 atom stereocenters. The van der Waals surface area contributed by atoms with Gasteiger partial charge in [0.25, 0.3) is 0 Å². The molecule has 3 heterocycles. The van der Waals surface area contributed by atoms with Gasteiger partial charge in [-0.2, -0.15) is 15.0 Å². The quantitative estimate of drug-likeness (QED) is 0.727. The number of ether oxygens (including phenoxy) is 1. The first kappa shape index (κ1) is 12.1. The first-order chi connectivity index (χ1) is 9.74. The predicted molar refractivity (Wildman–Crippen MR) is 69.9 cm³/mol. The fraction of sp³-hybridized carbons (Fsp3) is 0.182. The Morgan fingerprint density at radius 2 is 2.20 bits per heavy atom. The SMILES string of the molecule is CNc1nc(Oc2cc(C)[nH]n2)nc(-n2ccnc2)n1. The molecular weight excluding hydrogens is 260 g/mol. The molecule has 0 aliphatic heterocycles. The first-order valence-electron chi connectivity index (χ1n) is 5.86. The van der Waals surface area contributed by atoms with Crippen LogP contribution in [0.15, 0.2) is 24.8 Å². The average molecular weight is 272 g/mol. The lowest BCUT2D eigenvalue weighted by atomic mass is 10.5. The number of nitrogens with zero attached hydrogens (tertiary/aromatic N) is 6. The molecule has 3 rings (SSSR count). The zero-order chi connectivity index (χ0) is 13.9. The zero-order valence-electron chi connectivity index (χ0n) is 10.9. The minimum atomic E-state index is 0.152. The summed E-state index contributed by atoms with van der Waals surface area (Å²) in [5.74, 6) is 1.20. The Bertz CT molecular complexity index is 705. The molecule has 0 radical (unpaired) electrons. The summed E-state index contributed by atoms with van der Waals surface area (Å²) < 4.78 is 7.16.